The van der Waals surface area contributed by atoms with Gasteiger partial charge in [0, 0.05) is 18.1 Å². The first-order valence-electron chi connectivity index (χ1n) is 5.41. The van der Waals surface area contributed by atoms with Crippen LogP contribution < -0.4 is 10.5 Å². The summed E-state index contributed by atoms with van der Waals surface area (Å²) in [6, 6.07) is 8.46. The standard InChI is InChI=1S/C12H12BrN3O2S/c13-10-7-15-6-5-12(10)16-19(17,18)8-9-3-1-2-4-11(9)14/h1-7H,8,14H2,(H,15,16). The number of nitrogens with two attached hydrogens (primary N) is 1. The lowest BCUT2D eigenvalue weighted by Crippen LogP contribution is -2.16. The molecule has 1 aromatic carbocycles. The molecule has 100 valence electrons. The molecule has 1 heterocycles. The fraction of sp³-hybridized carbons (Fsp3) is 0.0833. The van der Waals surface area contributed by atoms with Gasteiger partial charge in [-0.1, -0.05) is 18.2 Å². The van der Waals surface area contributed by atoms with Gasteiger partial charge in [-0.2, -0.15) is 0 Å². The van der Waals surface area contributed by atoms with Gasteiger partial charge in [-0.3, -0.25) is 9.71 Å². The molecule has 0 unspecified atom stereocenters. The Morgan fingerprint density at radius 3 is 2.68 bits per heavy atom. The first-order valence-corrected chi connectivity index (χ1v) is 7.86. The van der Waals surface area contributed by atoms with E-state index in [4.69, 9.17) is 5.73 Å². The van der Waals surface area contributed by atoms with Crippen LogP contribution in [0.25, 0.3) is 0 Å². The lowest BCUT2D eigenvalue weighted by Gasteiger charge is -2.10. The van der Waals surface area contributed by atoms with Gasteiger partial charge in [0.25, 0.3) is 0 Å². The molecule has 0 bridgehead atoms. The van der Waals surface area contributed by atoms with Crippen molar-refractivity contribution in [1.82, 2.24) is 4.98 Å². The summed E-state index contributed by atoms with van der Waals surface area (Å²) >= 11 is 3.23. The summed E-state index contributed by atoms with van der Waals surface area (Å²) in [4.78, 5) is 3.87. The quantitative estimate of drug-likeness (QED) is 0.836. The molecule has 19 heavy (non-hydrogen) atoms. The number of sulfonamides is 1. The van der Waals surface area contributed by atoms with E-state index in [-0.39, 0.29) is 5.75 Å². The minimum Gasteiger partial charge on any atom is -0.398 e. The molecule has 0 aliphatic rings. The Hall–Kier alpha value is -1.60. The molecule has 0 aliphatic heterocycles. The number of hydrogen-bond acceptors (Lipinski definition) is 4. The molecule has 2 rings (SSSR count). The minimum absolute atomic E-state index is 0.172. The van der Waals surface area contributed by atoms with Crippen LogP contribution in [0, 0.1) is 0 Å². The van der Waals surface area contributed by atoms with Crippen LogP contribution in [0.2, 0.25) is 0 Å². The maximum Gasteiger partial charge on any atom is 0.237 e. The number of halogens is 1. The normalized spacial score (nSPS) is 11.2. The van der Waals surface area contributed by atoms with Gasteiger partial charge in [-0.05, 0) is 33.6 Å². The number of nitrogens with one attached hydrogen (secondary N) is 1. The fourth-order valence-corrected chi connectivity index (χ4v) is 3.27. The third kappa shape index (κ3) is 3.68. The van der Waals surface area contributed by atoms with Crippen molar-refractivity contribution in [3.63, 3.8) is 0 Å². The maximum atomic E-state index is 12.1. The van der Waals surface area contributed by atoms with Crippen molar-refractivity contribution >= 4 is 37.3 Å². The van der Waals surface area contributed by atoms with Gasteiger partial charge >= 0.3 is 0 Å². The zero-order chi connectivity index (χ0) is 13.9. The highest BCUT2D eigenvalue weighted by Crippen LogP contribution is 2.23. The van der Waals surface area contributed by atoms with Crippen molar-refractivity contribution in [1.29, 1.82) is 0 Å². The number of aromatic nitrogens is 1. The molecule has 3 N–H and O–H groups in total. The van der Waals surface area contributed by atoms with Crippen LogP contribution in [0.1, 0.15) is 5.56 Å². The van der Waals surface area contributed by atoms with Gasteiger partial charge < -0.3 is 5.73 Å². The van der Waals surface area contributed by atoms with E-state index in [0.29, 0.717) is 21.4 Å². The number of anilines is 2. The number of rotatable bonds is 4. The minimum atomic E-state index is -3.52. The summed E-state index contributed by atoms with van der Waals surface area (Å²) in [6.45, 7) is 0. The second-order valence-corrected chi connectivity index (χ2v) is 6.49. The molecule has 1 aromatic heterocycles. The molecule has 7 heteroatoms. The Labute approximate surface area is 120 Å². The Bertz CT molecular complexity index is 635. The molecule has 0 saturated carbocycles. The molecule has 0 aliphatic carbocycles. The van der Waals surface area contributed by atoms with Crippen molar-refractivity contribution in [3.05, 3.63) is 52.8 Å². The summed E-state index contributed by atoms with van der Waals surface area (Å²) < 4.78 is 27.2. The molecular weight excluding hydrogens is 330 g/mol. The predicted octanol–water partition coefficient (Wildman–Crippen LogP) is 2.37. The molecule has 0 spiro atoms. The van der Waals surface area contributed by atoms with Gasteiger partial charge in [-0.25, -0.2) is 8.42 Å². The number of pyridine rings is 1. The van der Waals surface area contributed by atoms with E-state index in [1.165, 1.54) is 12.4 Å². The molecule has 0 atom stereocenters. The third-order valence-electron chi connectivity index (χ3n) is 2.44. The molecule has 2 aromatic rings. The first kappa shape index (κ1) is 13.8. The zero-order valence-electron chi connectivity index (χ0n) is 9.88. The summed E-state index contributed by atoms with van der Waals surface area (Å²) in [5.41, 5.74) is 7.22. The topological polar surface area (TPSA) is 85.1 Å². The highest BCUT2D eigenvalue weighted by atomic mass is 79.9. The summed E-state index contributed by atoms with van der Waals surface area (Å²) in [5.74, 6) is -0.172. The number of hydrogen-bond donors (Lipinski definition) is 2. The van der Waals surface area contributed by atoms with Crippen LogP contribution in [-0.2, 0) is 15.8 Å². The van der Waals surface area contributed by atoms with Crippen LogP contribution in [0.5, 0.6) is 0 Å². The van der Waals surface area contributed by atoms with Gasteiger partial charge in [0.2, 0.25) is 10.0 Å². The second-order valence-electron chi connectivity index (χ2n) is 3.92. The zero-order valence-corrected chi connectivity index (χ0v) is 12.3. The SMILES string of the molecule is Nc1ccccc1CS(=O)(=O)Nc1ccncc1Br. The van der Waals surface area contributed by atoms with Gasteiger partial charge in [-0.15, -0.1) is 0 Å². The second kappa shape index (κ2) is 5.58. The van der Waals surface area contributed by atoms with Crippen molar-refractivity contribution in [3.8, 4) is 0 Å². The first-order chi connectivity index (χ1) is 8.98. The van der Waals surface area contributed by atoms with Crippen LogP contribution in [0.4, 0.5) is 11.4 Å². The fourth-order valence-electron chi connectivity index (χ4n) is 1.53. The monoisotopic (exact) mass is 341 g/mol. The van der Waals surface area contributed by atoms with Crippen molar-refractivity contribution in [2.24, 2.45) is 0 Å². The highest BCUT2D eigenvalue weighted by Gasteiger charge is 2.14. The average Bonchev–Trinajstić information content (AvgIpc) is 2.35. The Kier molecular flexibility index (Phi) is 4.06. The van der Waals surface area contributed by atoms with E-state index in [9.17, 15) is 8.42 Å². The van der Waals surface area contributed by atoms with Gasteiger partial charge in [0.1, 0.15) is 0 Å². The van der Waals surface area contributed by atoms with E-state index in [0.717, 1.165) is 0 Å². The Morgan fingerprint density at radius 2 is 2.00 bits per heavy atom. The molecule has 0 amide bonds. The highest BCUT2D eigenvalue weighted by molar-refractivity contribution is 9.10. The lowest BCUT2D eigenvalue weighted by atomic mass is 10.2. The van der Waals surface area contributed by atoms with Gasteiger partial charge in [0.05, 0.1) is 15.9 Å². The molecule has 0 fully saturated rings. The van der Waals surface area contributed by atoms with E-state index in [1.54, 1.807) is 30.3 Å². The van der Waals surface area contributed by atoms with Crippen LogP contribution >= 0.6 is 15.9 Å². The van der Waals surface area contributed by atoms with Crippen LogP contribution in [-0.4, -0.2) is 13.4 Å². The smallest absolute Gasteiger partial charge is 0.237 e. The van der Waals surface area contributed by atoms with E-state index in [2.05, 4.69) is 25.6 Å². The Balaban J connectivity index is 2.21. The molecule has 5 nitrogen and oxygen atoms in total. The molecule has 0 saturated heterocycles. The summed E-state index contributed by atoms with van der Waals surface area (Å²) in [7, 11) is -3.52. The van der Waals surface area contributed by atoms with E-state index >= 15 is 0 Å². The molecular formula is C12H12BrN3O2S. The van der Waals surface area contributed by atoms with E-state index < -0.39 is 10.0 Å². The lowest BCUT2D eigenvalue weighted by molar-refractivity contribution is 0.600. The molecule has 0 radical (unpaired) electrons. The largest absolute Gasteiger partial charge is 0.398 e. The number of nitrogen functional groups attached to an aromatic ring is 1. The van der Waals surface area contributed by atoms with Crippen molar-refractivity contribution in [2.75, 3.05) is 10.5 Å². The third-order valence-corrected chi connectivity index (χ3v) is 4.29. The average molecular weight is 342 g/mol. The summed E-state index contributed by atoms with van der Waals surface area (Å²) in [5, 5.41) is 0. The Morgan fingerprint density at radius 1 is 1.26 bits per heavy atom. The predicted molar refractivity (Wildman–Crippen MR) is 79.0 cm³/mol. The number of benzene rings is 1. The number of nitrogens with zero attached hydrogens (tertiary/aromatic N) is 1. The van der Waals surface area contributed by atoms with Crippen LogP contribution in [0.3, 0.4) is 0 Å². The van der Waals surface area contributed by atoms with E-state index in [1.807, 2.05) is 0 Å². The van der Waals surface area contributed by atoms with Crippen molar-refractivity contribution < 1.29 is 8.42 Å². The van der Waals surface area contributed by atoms with Crippen molar-refractivity contribution in [2.45, 2.75) is 5.75 Å². The summed E-state index contributed by atoms with van der Waals surface area (Å²) in [6.07, 6.45) is 3.04. The maximum absolute atomic E-state index is 12.1. The van der Waals surface area contributed by atoms with Gasteiger partial charge in [0.15, 0.2) is 0 Å². The number of para-hydroxylation sites is 1. The van der Waals surface area contributed by atoms with Crippen LogP contribution in [0.15, 0.2) is 47.2 Å².